The molecular formula is C15H21N3O5. The minimum absolute atomic E-state index is 0.137. The fourth-order valence-corrected chi connectivity index (χ4v) is 2.09. The van der Waals surface area contributed by atoms with Crippen molar-refractivity contribution in [1.29, 1.82) is 0 Å². The predicted octanol–water partition coefficient (Wildman–Crippen LogP) is 0.403. The summed E-state index contributed by atoms with van der Waals surface area (Å²) in [5.41, 5.74) is 6.57. The van der Waals surface area contributed by atoms with E-state index in [0.29, 0.717) is 18.5 Å². The molecule has 0 saturated carbocycles. The van der Waals surface area contributed by atoms with Crippen LogP contribution in [0.3, 0.4) is 0 Å². The first-order valence-corrected chi connectivity index (χ1v) is 7.23. The molecule has 0 fully saturated rings. The topological polar surface area (TPSA) is 143 Å². The highest BCUT2D eigenvalue weighted by molar-refractivity contribution is 5.94. The van der Waals surface area contributed by atoms with Crippen LogP contribution in [-0.4, -0.2) is 45.6 Å². The summed E-state index contributed by atoms with van der Waals surface area (Å²) in [6.07, 6.45) is 2.06. The molecule has 5 N–H and O–H groups in total. The lowest BCUT2D eigenvalue weighted by Crippen LogP contribution is -2.34. The SMILES string of the molecule is Cc1cc(C(=O)NCCC[C@@H](C[C@H](N)C(=O)O)C(=O)O)ccn1. The van der Waals surface area contributed by atoms with E-state index < -0.39 is 23.9 Å². The van der Waals surface area contributed by atoms with E-state index in [4.69, 9.17) is 15.9 Å². The summed E-state index contributed by atoms with van der Waals surface area (Å²) in [4.78, 5) is 37.7. The maximum Gasteiger partial charge on any atom is 0.320 e. The van der Waals surface area contributed by atoms with Gasteiger partial charge in [0.05, 0.1) is 5.92 Å². The van der Waals surface area contributed by atoms with E-state index in [1.807, 2.05) is 0 Å². The molecule has 0 aliphatic carbocycles. The highest BCUT2D eigenvalue weighted by Gasteiger charge is 2.23. The molecule has 0 bridgehead atoms. The molecule has 1 amide bonds. The number of nitrogens with one attached hydrogen (secondary N) is 1. The molecule has 0 spiro atoms. The molecule has 1 aromatic rings. The van der Waals surface area contributed by atoms with Crippen LogP contribution in [0, 0.1) is 12.8 Å². The smallest absolute Gasteiger partial charge is 0.320 e. The number of aryl methyl sites for hydroxylation is 1. The first-order valence-electron chi connectivity index (χ1n) is 7.23. The number of aliphatic carboxylic acids is 2. The third-order valence-corrected chi connectivity index (χ3v) is 3.38. The number of rotatable bonds is 9. The van der Waals surface area contributed by atoms with Gasteiger partial charge in [0, 0.05) is 24.0 Å². The Bertz CT molecular complexity index is 576. The van der Waals surface area contributed by atoms with E-state index in [9.17, 15) is 14.4 Å². The number of hydrogen-bond donors (Lipinski definition) is 4. The summed E-state index contributed by atoms with van der Waals surface area (Å²) in [7, 11) is 0. The number of carbonyl (C=O) groups excluding carboxylic acids is 1. The summed E-state index contributed by atoms with van der Waals surface area (Å²) in [6.45, 7) is 2.08. The molecular weight excluding hydrogens is 302 g/mol. The number of hydrogen-bond acceptors (Lipinski definition) is 5. The minimum Gasteiger partial charge on any atom is -0.481 e. The molecule has 2 atom stereocenters. The van der Waals surface area contributed by atoms with E-state index in [-0.39, 0.29) is 18.7 Å². The van der Waals surface area contributed by atoms with Gasteiger partial charge >= 0.3 is 11.9 Å². The van der Waals surface area contributed by atoms with Gasteiger partial charge in [-0.05, 0) is 38.3 Å². The Morgan fingerprint density at radius 3 is 2.57 bits per heavy atom. The first kappa shape index (κ1) is 18.6. The molecule has 0 saturated heterocycles. The van der Waals surface area contributed by atoms with Crippen LogP contribution in [0.2, 0.25) is 0 Å². The highest BCUT2D eigenvalue weighted by atomic mass is 16.4. The van der Waals surface area contributed by atoms with E-state index in [1.165, 1.54) is 6.20 Å². The largest absolute Gasteiger partial charge is 0.481 e. The molecule has 126 valence electrons. The molecule has 0 radical (unpaired) electrons. The number of amides is 1. The molecule has 8 nitrogen and oxygen atoms in total. The van der Waals surface area contributed by atoms with E-state index in [2.05, 4.69) is 10.3 Å². The van der Waals surface area contributed by atoms with Crippen molar-refractivity contribution in [3.05, 3.63) is 29.6 Å². The van der Waals surface area contributed by atoms with Gasteiger partial charge in [0.1, 0.15) is 6.04 Å². The zero-order valence-corrected chi connectivity index (χ0v) is 12.9. The molecule has 8 heteroatoms. The van der Waals surface area contributed by atoms with Gasteiger partial charge in [0.25, 0.3) is 5.91 Å². The Morgan fingerprint density at radius 1 is 1.30 bits per heavy atom. The molecule has 23 heavy (non-hydrogen) atoms. The van der Waals surface area contributed by atoms with Crippen molar-refractivity contribution in [2.24, 2.45) is 11.7 Å². The Kier molecular flexibility index (Phi) is 7.14. The summed E-state index contributed by atoms with van der Waals surface area (Å²) >= 11 is 0. The van der Waals surface area contributed by atoms with Gasteiger partial charge < -0.3 is 21.3 Å². The lowest BCUT2D eigenvalue weighted by molar-refractivity contribution is -0.143. The van der Waals surface area contributed by atoms with Gasteiger partial charge in [0.15, 0.2) is 0 Å². The highest BCUT2D eigenvalue weighted by Crippen LogP contribution is 2.13. The Balaban J connectivity index is 2.40. The summed E-state index contributed by atoms with van der Waals surface area (Å²) in [6, 6.07) is 2.04. The van der Waals surface area contributed by atoms with Crippen LogP contribution in [0.15, 0.2) is 18.3 Å². The van der Waals surface area contributed by atoms with Crippen LogP contribution in [0.4, 0.5) is 0 Å². The average molecular weight is 323 g/mol. The van der Waals surface area contributed by atoms with Crippen molar-refractivity contribution >= 4 is 17.8 Å². The minimum atomic E-state index is -1.22. The molecule has 1 heterocycles. The van der Waals surface area contributed by atoms with E-state index in [0.717, 1.165) is 5.69 Å². The van der Waals surface area contributed by atoms with Crippen molar-refractivity contribution in [2.75, 3.05) is 6.54 Å². The van der Waals surface area contributed by atoms with Gasteiger partial charge in [-0.15, -0.1) is 0 Å². The second kappa shape index (κ2) is 8.84. The van der Waals surface area contributed by atoms with E-state index in [1.54, 1.807) is 19.1 Å². The van der Waals surface area contributed by atoms with E-state index >= 15 is 0 Å². The van der Waals surface area contributed by atoms with Crippen LogP contribution >= 0.6 is 0 Å². The molecule has 1 aromatic heterocycles. The van der Waals surface area contributed by atoms with Crippen LogP contribution in [0.25, 0.3) is 0 Å². The fourth-order valence-electron chi connectivity index (χ4n) is 2.09. The zero-order chi connectivity index (χ0) is 17.4. The third-order valence-electron chi connectivity index (χ3n) is 3.38. The molecule has 0 aromatic carbocycles. The van der Waals surface area contributed by atoms with Crippen molar-refractivity contribution < 1.29 is 24.6 Å². The maximum atomic E-state index is 11.9. The quantitative estimate of drug-likeness (QED) is 0.482. The second-order valence-corrected chi connectivity index (χ2v) is 5.30. The maximum absolute atomic E-state index is 11.9. The zero-order valence-electron chi connectivity index (χ0n) is 12.9. The molecule has 0 aliphatic rings. The lowest BCUT2D eigenvalue weighted by Gasteiger charge is -2.15. The van der Waals surface area contributed by atoms with Crippen LogP contribution in [0.5, 0.6) is 0 Å². The van der Waals surface area contributed by atoms with Gasteiger partial charge in [-0.3, -0.25) is 19.4 Å². The molecule has 0 unspecified atom stereocenters. The number of nitrogens with two attached hydrogens (primary N) is 1. The number of carboxylic acid groups (broad SMARTS) is 2. The fraction of sp³-hybridized carbons (Fsp3) is 0.467. The number of nitrogens with zero attached hydrogens (tertiary/aromatic N) is 1. The normalized spacial score (nSPS) is 13.1. The Morgan fingerprint density at radius 2 is 2.00 bits per heavy atom. The number of carboxylic acids is 2. The third kappa shape index (κ3) is 6.43. The lowest BCUT2D eigenvalue weighted by atomic mass is 9.95. The molecule has 0 aliphatic heterocycles. The number of carbonyl (C=O) groups is 3. The standard InChI is InChI=1S/C15H21N3O5/c1-9-7-10(4-6-17-9)13(19)18-5-2-3-11(14(20)21)8-12(16)15(22)23/h4,6-7,11-12H,2-3,5,8,16H2,1H3,(H,18,19)(H,20,21)(H,22,23)/t11-,12-/m0/s1. The van der Waals surface area contributed by atoms with Gasteiger partial charge in [-0.1, -0.05) is 0 Å². The van der Waals surface area contributed by atoms with Gasteiger partial charge in [-0.25, -0.2) is 0 Å². The summed E-state index contributed by atoms with van der Waals surface area (Å²) in [5, 5.41) is 20.5. The number of pyridine rings is 1. The average Bonchev–Trinajstić information content (AvgIpc) is 2.49. The summed E-state index contributed by atoms with van der Waals surface area (Å²) < 4.78 is 0. The van der Waals surface area contributed by atoms with Crippen molar-refractivity contribution in [1.82, 2.24) is 10.3 Å². The number of aromatic nitrogens is 1. The second-order valence-electron chi connectivity index (χ2n) is 5.30. The van der Waals surface area contributed by atoms with Crippen molar-refractivity contribution in [3.63, 3.8) is 0 Å². The first-order chi connectivity index (χ1) is 10.8. The van der Waals surface area contributed by atoms with Crippen LogP contribution in [0.1, 0.15) is 35.3 Å². The van der Waals surface area contributed by atoms with Crippen LogP contribution < -0.4 is 11.1 Å². The Hall–Kier alpha value is -2.48. The van der Waals surface area contributed by atoms with Crippen molar-refractivity contribution in [2.45, 2.75) is 32.2 Å². The van der Waals surface area contributed by atoms with Gasteiger partial charge in [0.2, 0.25) is 0 Å². The van der Waals surface area contributed by atoms with Crippen molar-refractivity contribution in [3.8, 4) is 0 Å². The predicted molar refractivity (Wildman–Crippen MR) is 81.9 cm³/mol. The van der Waals surface area contributed by atoms with Crippen LogP contribution in [-0.2, 0) is 9.59 Å². The van der Waals surface area contributed by atoms with Gasteiger partial charge in [-0.2, -0.15) is 0 Å². The summed E-state index contributed by atoms with van der Waals surface area (Å²) in [5.74, 6) is -3.42. The Labute approximate surface area is 133 Å². The monoisotopic (exact) mass is 323 g/mol. The molecule has 1 rings (SSSR count).